The van der Waals surface area contributed by atoms with Crippen molar-refractivity contribution in [3.8, 4) is 16.3 Å². The average Bonchev–Trinajstić information content (AvgIpc) is 3.20. The second kappa shape index (κ2) is 9.09. The molecule has 0 spiro atoms. The fourth-order valence-electron chi connectivity index (χ4n) is 3.43. The van der Waals surface area contributed by atoms with Crippen LogP contribution in [0.15, 0.2) is 48.9 Å². The van der Waals surface area contributed by atoms with Crippen LogP contribution in [0.2, 0.25) is 0 Å². The maximum atomic E-state index is 11.5. The normalized spacial score (nSPS) is 10.9. The van der Waals surface area contributed by atoms with E-state index in [9.17, 15) is 9.90 Å². The summed E-state index contributed by atoms with van der Waals surface area (Å²) in [6.07, 6.45) is 4.12. The van der Waals surface area contributed by atoms with Gasteiger partial charge in [-0.25, -0.2) is 14.8 Å². The quantitative estimate of drug-likeness (QED) is 0.411. The highest BCUT2D eigenvalue weighted by atomic mass is 32.1. The largest absolute Gasteiger partial charge is 0.492 e. The maximum absolute atomic E-state index is 11.5. The highest BCUT2D eigenvalue weighted by Crippen LogP contribution is 2.36. The van der Waals surface area contributed by atoms with Crippen LogP contribution in [0, 0.1) is 6.92 Å². The summed E-state index contributed by atoms with van der Waals surface area (Å²) in [5, 5.41) is 13.9. The Morgan fingerprint density at radius 1 is 1.19 bits per heavy atom. The van der Waals surface area contributed by atoms with Crippen molar-refractivity contribution in [3.63, 3.8) is 0 Å². The van der Waals surface area contributed by atoms with Gasteiger partial charge in [0.15, 0.2) is 4.88 Å². The molecular formula is C23H22N4O3S. The second-order valence-corrected chi connectivity index (χ2v) is 7.98. The average molecular weight is 435 g/mol. The Bertz CT molecular complexity index is 1240. The third-order valence-corrected chi connectivity index (χ3v) is 6.08. The standard InChI is InChI=1S/C23H22N4O3S/c1-3-30-18-12-19(31-22(18)23(28)29)17-11-20(27-13-26-17)24-10-8-15-6-7-16-5-4-9-25-21(16)14(15)2/h4-7,9,11-13H,3,8,10H2,1-2H3,(H,28,29)(H,24,26,27). The van der Waals surface area contributed by atoms with Crippen LogP contribution in [0.1, 0.15) is 27.7 Å². The Labute approximate surface area is 183 Å². The Kier molecular flexibility index (Phi) is 6.08. The summed E-state index contributed by atoms with van der Waals surface area (Å²) in [6.45, 7) is 5.02. The molecule has 31 heavy (non-hydrogen) atoms. The summed E-state index contributed by atoms with van der Waals surface area (Å²) < 4.78 is 5.45. The molecule has 0 saturated carbocycles. The number of aromatic carboxylic acids is 1. The molecule has 0 fully saturated rings. The smallest absolute Gasteiger partial charge is 0.349 e. The minimum absolute atomic E-state index is 0.172. The summed E-state index contributed by atoms with van der Waals surface area (Å²) in [5.74, 6) is 0.0423. The number of aromatic nitrogens is 3. The minimum Gasteiger partial charge on any atom is -0.492 e. The lowest BCUT2D eigenvalue weighted by molar-refractivity contribution is 0.0698. The lowest BCUT2D eigenvalue weighted by atomic mass is 10.0. The van der Waals surface area contributed by atoms with E-state index in [1.807, 2.05) is 25.3 Å². The topological polar surface area (TPSA) is 97.2 Å². The van der Waals surface area contributed by atoms with Gasteiger partial charge in [-0.15, -0.1) is 11.3 Å². The molecular weight excluding hydrogens is 412 g/mol. The first-order chi connectivity index (χ1) is 15.1. The first-order valence-electron chi connectivity index (χ1n) is 9.96. The van der Waals surface area contributed by atoms with Gasteiger partial charge in [0.05, 0.1) is 22.7 Å². The number of ether oxygens (including phenoxy) is 1. The molecule has 4 rings (SSSR count). The SMILES string of the molecule is CCOc1cc(-c2cc(NCCc3ccc4cccnc4c3C)ncn2)sc1C(=O)O. The Hall–Kier alpha value is -3.52. The van der Waals surface area contributed by atoms with Crippen molar-refractivity contribution >= 4 is 34.0 Å². The van der Waals surface area contributed by atoms with Crippen molar-refractivity contribution in [1.82, 2.24) is 15.0 Å². The van der Waals surface area contributed by atoms with Crippen molar-refractivity contribution in [1.29, 1.82) is 0 Å². The molecule has 0 amide bonds. The molecule has 0 atom stereocenters. The fourth-order valence-corrected chi connectivity index (χ4v) is 4.34. The van der Waals surface area contributed by atoms with E-state index in [4.69, 9.17) is 4.74 Å². The number of pyridine rings is 1. The van der Waals surface area contributed by atoms with Crippen LogP contribution in [-0.2, 0) is 6.42 Å². The minimum atomic E-state index is -1.01. The second-order valence-electron chi connectivity index (χ2n) is 6.93. The fraction of sp³-hybridized carbons (Fsp3) is 0.217. The third kappa shape index (κ3) is 4.49. The van der Waals surface area contributed by atoms with E-state index < -0.39 is 5.97 Å². The van der Waals surface area contributed by atoms with Crippen LogP contribution < -0.4 is 10.1 Å². The predicted molar refractivity (Wildman–Crippen MR) is 122 cm³/mol. The summed E-state index contributed by atoms with van der Waals surface area (Å²) >= 11 is 1.14. The number of rotatable bonds is 8. The molecule has 0 aliphatic heterocycles. The highest BCUT2D eigenvalue weighted by Gasteiger charge is 2.18. The molecule has 7 nitrogen and oxygen atoms in total. The van der Waals surface area contributed by atoms with Crippen LogP contribution in [0.4, 0.5) is 5.82 Å². The van der Waals surface area contributed by atoms with Gasteiger partial charge in [-0.1, -0.05) is 18.2 Å². The Morgan fingerprint density at radius 3 is 2.87 bits per heavy atom. The number of benzene rings is 1. The van der Waals surface area contributed by atoms with Crippen molar-refractivity contribution in [2.24, 2.45) is 0 Å². The number of thiophene rings is 1. The van der Waals surface area contributed by atoms with Gasteiger partial charge in [-0.05, 0) is 37.5 Å². The number of anilines is 1. The molecule has 0 radical (unpaired) electrons. The summed E-state index contributed by atoms with van der Waals surface area (Å²) in [5.41, 5.74) is 4.11. The Balaban J connectivity index is 1.48. The van der Waals surface area contributed by atoms with Gasteiger partial charge >= 0.3 is 5.97 Å². The number of fused-ring (bicyclic) bond motifs is 1. The van der Waals surface area contributed by atoms with E-state index >= 15 is 0 Å². The number of hydrogen-bond acceptors (Lipinski definition) is 7. The lowest BCUT2D eigenvalue weighted by Crippen LogP contribution is -2.07. The van der Waals surface area contributed by atoms with Gasteiger partial charge in [-0.3, -0.25) is 4.98 Å². The van der Waals surface area contributed by atoms with Crippen molar-refractivity contribution < 1.29 is 14.6 Å². The molecule has 2 N–H and O–H groups in total. The Morgan fingerprint density at radius 2 is 2.06 bits per heavy atom. The van der Waals surface area contributed by atoms with Crippen molar-refractivity contribution in [2.75, 3.05) is 18.5 Å². The van der Waals surface area contributed by atoms with Gasteiger partial charge in [-0.2, -0.15) is 0 Å². The van der Waals surface area contributed by atoms with E-state index in [-0.39, 0.29) is 4.88 Å². The molecule has 8 heteroatoms. The molecule has 0 bridgehead atoms. The van der Waals surface area contributed by atoms with E-state index in [0.717, 1.165) is 33.5 Å². The zero-order valence-corrected chi connectivity index (χ0v) is 18.1. The maximum Gasteiger partial charge on any atom is 0.349 e. The monoisotopic (exact) mass is 434 g/mol. The molecule has 0 saturated heterocycles. The van der Waals surface area contributed by atoms with Crippen LogP contribution in [0.25, 0.3) is 21.5 Å². The number of carboxylic acids is 1. The van der Waals surface area contributed by atoms with E-state index in [1.165, 1.54) is 17.5 Å². The molecule has 3 aromatic heterocycles. The van der Waals surface area contributed by atoms with Gasteiger partial charge in [0.1, 0.15) is 17.9 Å². The molecule has 0 unspecified atom stereocenters. The van der Waals surface area contributed by atoms with Crippen LogP contribution >= 0.6 is 11.3 Å². The molecule has 4 aromatic rings. The first-order valence-corrected chi connectivity index (χ1v) is 10.8. The summed E-state index contributed by atoms with van der Waals surface area (Å²) in [7, 11) is 0. The van der Waals surface area contributed by atoms with Crippen LogP contribution in [-0.4, -0.2) is 39.2 Å². The van der Waals surface area contributed by atoms with Gasteiger partial charge in [0.2, 0.25) is 0 Å². The third-order valence-electron chi connectivity index (χ3n) is 4.95. The van der Waals surface area contributed by atoms with E-state index in [1.54, 1.807) is 6.07 Å². The van der Waals surface area contributed by atoms with Gasteiger partial charge < -0.3 is 15.2 Å². The molecule has 0 aliphatic rings. The zero-order valence-electron chi connectivity index (χ0n) is 17.3. The number of carboxylic acid groups (broad SMARTS) is 1. The van der Waals surface area contributed by atoms with E-state index in [2.05, 4.69) is 45.4 Å². The lowest BCUT2D eigenvalue weighted by Gasteiger charge is -2.10. The first kappa shape index (κ1) is 20.7. The van der Waals surface area contributed by atoms with Gasteiger partial charge in [0, 0.05) is 30.3 Å². The zero-order chi connectivity index (χ0) is 21.8. The van der Waals surface area contributed by atoms with E-state index in [0.29, 0.717) is 30.4 Å². The van der Waals surface area contributed by atoms with Gasteiger partial charge in [0.25, 0.3) is 0 Å². The molecule has 158 valence electrons. The number of nitrogens with zero attached hydrogens (tertiary/aromatic N) is 3. The van der Waals surface area contributed by atoms with Crippen molar-refractivity contribution in [3.05, 3.63) is 64.9 Å². The molecule has 0 aliphatic carbocycles. The number of carbonyl (C=O) groups is 1. The van der Waals surface area contributed by atoms with Crippen LogP contribution in [0.3, 0.4) is 0 Å². The predicted octanol–water partition coefficient (Wildman–Crippen LogP) is 4.81. The number of hydrogen-bond donors (Lipinski definition) is 2. The number of nitrogens with one attached hydrogen (secondary N) is 1. The highest BCUT2D eigenvalue weighted by molar-refractivity contribution is 7.17. The number of aryl methyl sites for hydroxylation is 1. The molecule has 3 heterocycles. The van der Waals surface area contributed by atoms with Crippen LogP contribution in [0.5, 0.6) is 5.75 Å². The summed E-state index contributed by atoms with van der Waals surface area (Å²) in [4.78, 5) is 25.5. The van der Waals surface area contributed by atoms with Crippen molar-refractivity contribution in [2.45, 2.75) is 20.3 Å². The molecule has 1 aromatic carbocycles. The summed E-state index contributed by atoms with van der Waals surface area (Å²) in [6, 6.07) is 11.8.